The fourth-order valence-electron chi connectivity index (χ4n) is 4.10. The SMILES string of the molecule is N#Cc1ccc(Nc2nc([C@@H]3CCCCN3Cc3ccc4[nH]ccc4c3)cs2)cn1. The monoisotopic (exact) mass is 414 g/mol. The van der Waals surface area contributed by atoms with Gasteiger partial charge in [-0.3, -0.25) is 4.90 Å². The summed E-state index contributed by atoms with van der Waals surface area (Å²) in [4.78, 5) is 14.8. The highest BCUT2D eigenvalue weighted by atomic mass is 32.1. The number of thiazole rings is 1. The molecule has 0 amide bonds. The lowest BCUT2D eigenvalue weighted by molar-refractivity contribution is 0.138. The molecule has 1 aromatic carbocycles. The van der Waals surface area contributed by atoms with Gasteiger partial charge in [0, 0.05) is 23.6 Å². The standard InChI is InChI=1S/C23H22N6S/c24-12-18-5-6-19(13-26-18)27-23-28-21(15-30-23)22-3-1-2-10-29(22)14-16-4-7-20-17(11-16)8-9-25-20/h4-9,11,13,15,22,25H,1-3,10,14H2,(H,27,28)/t22-/m0/s1. The number of anilines is 2. The number of nitrogens with one attached hydrogen (secondary N) is 2. The van der Waals surface area contributed by atoms with Gasteiger partial charge in [-0.15, -0.1) is 11.3 Å². The van der Waals surface area contributed by atoms with Crippen molar-refractivity contribution in [1.29, 1.82) is 5.26 Å². The van der Waals surface area contributed by atoms with Crippen LogP contribution in [0.1, 0.15) is 42.3 Å². The first-order chi connectivity index (χ1) is 14.8. The third-order valence-corrected chi connectivity index (χ3v) is 6.39. The van der Waals surface area contributed by atoms with Gasteiger partial charge in [-0.2, -0.15) is 5.26 Å². The first kappa shape index (κ1) is 18.8. The maximum Gasteiger partial charge on any atom is 0.187 e. The summed E-state index contributed by atoms with van der Waals surface area (Å²) in [7, 11) is 0. The number of hydrogen-bond acceptors (Lipinski definition) is 6. The largest absolute Gasteiger partial charge is 0.361 e. The Balaban J connectivity index is 1.32. The smallest absolute Gasteiger partial charge is 0.187 e. The van der Waals surface area contributed by atoms with E-state index in [4.69, 9.17) is 10.2 Å². The Kier molecular flexibility index (Phi) is 5.18. The molecule has 1 aliphatic heterocycles. The molecule has 5 rings (SSSR count). The molecule has 0 saturated carbocycles. The number of fused-ring (bicyclic) bond motifs is 1. The fourth-order valence-corrected chi connectivity index (χ4v) is 4.88. The van der Waals surface area contributed by atoms with E-state index in [0.29, 0.717) is 11.7 Å². The maximum atomic E-state index is 8.89. The molecule has 150 valence electrons. The minimum absolute atomic E-state index is 0.339. The Labute approximate surface area is 179 Å². The molecule has 1 saturated heterocycles. The molecule has 0 aliphatic carbocycles. The highest BCUT2D eigenvalue weighted by Crippen LogP contribution is 2.34. The average molecular weight is 415 g/mol. The Morgan fingerprint density at radius 1 is 1.23 bits per heavy atom. The molecule has 0 unspecified atom stereocenters. The summed E-state index contributed by atoms with van der Waals surface area (Å²) in [5.74, 6) is 0. The number of piperidine rings is 1. The van der Waals surface area contributed by atoms with Crippen LogP contribution in [0.4, 0.5) is 10.8 Å². The predicted octanol–water partition coefficient (Wildman–Crippen LogP) is 5.36. The van der Waals surface area contributed by atoms with Crippen LogP contribution in [0.3, 0.4) is 0 Å². The molecule has 30 heavy (non-hydrogen) atoms. The molecule has 0 radical (unpaired) electrons. The number of pyridine rings is 1. The predicted molar refractivity (Wildman–Crippen MR) is 120 cm³/mol. The first-order valence-electron chi connectivity index (χ1n) is 10.2. The molecule has 6 nitrogen and oxygen atoms in total. The zero-order valence-corrected chi connectivity index (χ0v) is 17.3. The second-order valence-corrected chi connectivity index (χ2v) is 8.49. The minimum Gasteiger partial charge on any atom is -0.361 e. The second kappa shape index (κ2) is 8.27. The van der Waals surface area contributed by atoms with E-state index in [-0.39, 0.29) is 0 Å². The van der Waals surface area contributed by atoms with E-state index in [9.17, 15) is 0 Å². The van der Waals surface area contributed by atoms with E-state index in [0.717, 1.165) is 36.0 Å². The lowest BCUT2D eigenvalue weighted by Gasteiger charge is -2.34. The zero-order chi connectivity index (χ0) is 20.3. The van der Waals surface area contributed by atoms with E-state index in [2.05, 4.69) is 49.8 Å². The van der Waals surface area contributed by atoms with Crippen molar-refractivity contribution in [2.24, 2.45) is 0 Å². The molecule has 1 atom stereocenters. The van der Waals surface area contributed by atoms with E-state index < -0.39 is 0 Å². The third kappa shape index (κ3) is 3.92. The number of nitriles is 1. The van der Waals surface area contributed by atoms with E-state index in [1.165, 1.54) is 29.3 Å². The summed E-state index contributed by atoms with van der Waals surface area (Å²) in [5.41, 5.74) is 4.91. The Bertz CT molecular complexity index is 1190. The van der Waals surface area contributed by atoms with Crippen molar-refractivity contribution in [3.8, 4) is 6.07 Å². The molecule has 1 aliphatic rings. The maximum absolute atomic E-state index is 8.89. The van der Waals surface area contributed by atoms with Crippen LogP contribution in [0, 0.1) is 11.3 Å². The van der Waals surface area contributed by atoms with Crippen molar-refractivity contribution in [2.45, 2.75) is 31.8 Å². The number of hydrogen-bond donors (Lipinski definition) is 2. The van der Waals surface area contributed by atoms with Gasteiger partial charge in [-0.25, -0.2) is 9.97 Å². The van der Waals surface area contributed by atoms with Crippen LogP contribution in [0.5, 0.6) is 0 Å². The van der Waals surface area contributed by atoms with E-state index >= 15 is 0 Å². The molecule has 0 spiro atoms. The Morgan fingerprint density at radius 2 is 2.20 bits per heavy atom. The van der Waals surface area contributed by atoms with Crippen LogP contribution in [-0.4, -0.2) is 26.4 Å². The van der Waals surface area contributed by atoms with Gasteiger partial charge in [0.1, 0.15) is 11.8 Å². The molecule has 4 aromatic rings. The van der Waals surface area contributed by atoms with Crippen molar-refractivity contribution in [3.05, 3.63) is 71.1 Å². The van der Waals surface area contributed by atoms with Crippen molar-refractivity contribution >= 4 is 33.1 Å². The van der Waals surface area contributed by atoms with Crippen LogP contribution in [0.25, 0.3) is 10.9 Å². The summed E-state index contributed by atoms with van der Waals surface area (Å²) in [6.45, 7) is 2.03. The van der Waals surface area contributed by atoms with Crippen LogP contribution >= 0.6 is 11.3 Å². The van der Waals surface area contributed by atoms with Gasteiger partial charge in [0.15, 0.2) is 5.13 Å². The highest BCUT2D eigenvalue weighted by Gasteiger charge is 2.26. The van der Waals surface area contributed by atoms with Crippen molar-refractivity contribution in [3.63, 3.8) is 0 Å². The van der Waals surface area contributed by atoms with Crippen molar-refractivity contribution in [2.75, 3.05) is 11.9 Å². The van der Waals surface area contributed by atoms with Crippen molar-refractivity contribution in [1.82, 2.24) is 19.9 Å². The lowest BCUT2D eigenvalue weighted by atomic mass is 9.99. The van der Waals surface area contributed by atoms with Gasteiger partial charge in [0.25, 0.3) is 0 Å². The molecule has 4 heterocycles. The molecule has 2 N–H and O–H groups in total. The number of likely N-dealkylation sites (tertiary alicyclic amines) is 1. The summed E-state index contributed by atoms with van der Waals surface area (Å²) in [5, 5.41) is 16.5. The molecule has 0 bridgehead atoms. The second-order valence-electron chi connectivity index (χ2n) is 7.63. The Morgan fingerprint density at radius 3 is 3.07 bits per heavy atom. The van der Waals surface area contributed by atoms with Gasteiger partial charge in [-0.1, -0.05) is 12.5 Å². The molecular weight excluding hydrogens is 392 g/mol. The van der Waals surface area contributed by atoms with Gasteiger partial charge in [0.05, 0.1) is 23.6 Å². The summed E-state index contributed by atoms with van der Waals surface area (Å²) in [6, 6.07) is 14.7. The molecule has 1 fully saturated rings. The van der Waals surface area contributed by atoms with Crippen LogP contribution < -0.4 is 5.32 Å². The summed E-state index contributed by atoms with van der Waals surface area (Å²) < 4.78 is 0. The normalized spacial score (nSPS) is 17.1. The number of aromatic nitrogens is 3. The van der Waals surface area contributed by atoms with Gasteiger partial charge in [0.2, 0.25) is 0 Å². The number of nitrogens with zero attached hydrogens (tertiary/aromatic N) is 4. The average Bonchev–Trinajstić information content (AvgIpc) is 3.44. The van der Waals surface area contributed by atoms with Gasteiger partial charge in [-0.05, 0) is 60.7 Å². The van der Waals surface area contributed by atoms with E-state index in [1.807, 2.05) is 18.3 Å². The highest BCUT2D eigenvalue weighted by molar-refractivity contribution is 7.13. The van der Waals surface area contributed by atoms with E-state index in [1.54, 1.807) is 23.6 Å². The van der Waals surface area contributed by atoms with Gasteiger partial charge >= 0.3 is 0 Å². The number of aromatic amines is 1. The minimum atomic E-state index is 0.339. The fraction of sp³-hybridized carbons (Fsp3) is 0.261. The quantitative estimate of drug-likeness (QED) is 0.459. The summed E-state index contributed by atoms with van der Waals surface area (Å²) >= 11 is 1.61. The number of benzene rings is 1. The first-order valence-corrected chi connectivity index (χ1v) is 11.0. The van der Waals surface area contributed by atoms with Crippen LogP contribution in [0.15, 0.2) is 54.2 Å². The third-order valence-electron chi connectivity index (χ3n) is 5.61. The molecule has 3 aromatic heterocycles. The Hall–Kier alpha value is -3.21. The summed E-state index contributed by atoms with van der Waals surface area (Å²) in [6.07, 6.45) is 7.26. The van der Waals surface area contributed by atoms with Crippen molar-refractivity contribution < 1.29 is 0 Å². The number of rotatable bonds is 5. The zero-order valence-electron chi connectivity index (χ0n) is 16.5. The molecule has 7 heteroatoms. The lowest BCUT2D eigenvalue weighted by Crippen LogP contribution is -2.33. The van der Waals surface area contributed by atoms with Gasteiger partial charge < -0.3 is 10.3 Å². The van der Waals surface area contributed by atoms with Crippen LogP contribution in [-0.2, 0) is 6.54 Å². The van der Waals surface area contributed by atoms with Crippen LogP contribution in [0.2, 0.25) is 0 Å². The molecular formula is C23H22N6S. The number of H-pyrrole nitrogens is 1. The topological polar surface area (TPSA) is 80.6 Å².